The molecule has 1 aliphatic carbocycles. The largest absolute Gasteiger partial charge is 0.392 e. The summed E-state index contributed by atoms with van der Waals surface area (Å²) in [5, 5.41) is 19.1. The maximum atomic E-state index is 15.6. The van der Waals surface area contributed by atoms with Crippen molar-refractivity contribution in [1.29, 1.82) is 0 Å². The van der Waals surface area contributed by atoms with Crippen LogP contribution in [0.2, 0.25) is 0 Å². The number of nitrogens with zero attached hydrogens (tertiary/aromatic N) is 4. The molecule has 1 aliphatic rings. The molecule has 0 aliphatic heterocycles. The molecule has 10 nitrogen and oxygen atoms in total. The Balaban J connectivity index is 1.70. The molecule has 0 bridgehead atoms. The van der Waals surface area contributed by atoms with Gasteiger partial charge in [-0.3, -0.25) is 19.6 Å². The van der Waals surface area contributed by atoms with Gasteiger partial charge in [-0.05, 0) is 43.9 Å². The van der Waals surface area contributed by atoms with Crippen LogP contribution in [-0.2, 0) is 18.4 Å². The van der Waals surface area contributed by atoms with E-state index in [-0.39, 0.29) is 17.1 Å². The molecule has 4 rings (SSSR count). The molecule has 0 fully saturated rings. The molecule has 3 aromatic rings. The zero-order valence-electron chi connectivity index (χ0n) is 21.1. The van der Waals surface area contributed by atoms with E-state index in [4.69, 9.17) is 0 Å². The standard InChI is InChI=1S/C27H30FN7O3/c1-35-15-25(34-26(27(35)38)33-18-5-4-9-29-14-18)19-8-10-31-24(21(19)16-36)13-22(28)20-6-2-3-7-23(20)32-12-11-30-17-37/h4-5,8-10,13-15,17,32,36H,2-3,6-7,11-12,16H2,1H3,(H,30,37)(H,33,34)/b22-13-. The first kappa shape index (κ1) is 26.7. The van der Waals surface area contributed by atoms with Crippen LogP contribution in [0.3, 0.4) is 0 Å². The Labute approximate surface area is 219 Å². The molecule has 0 saturated heterocycles. The normalized spacial score (nSPS) is 13.8. The number of aliphatic hydroxyl groups excluding tert-OH is 1. The van der Waals surface area contributed by atoms with Gasteiger partial charge < -0.3 is 25.6 Å². The lowest BCUT2D eigenvalue weighted by molar-refractivity contribution is -0.109. The lowest BCUT2D eigenvalue weighted by atomic mass is 9.94. The fourth-order valence-corrected chi connectivity index (χ4v) is 4.35. The number of nitrogens with one attached hydrogen (secondary N) is 3. The number of amides is 1. The molecule has 0 radical (unpaired) electrons. The number of rotatable bonds is 11. The second kappa shape index (κ2) is 12.7. The van der Waals surface area contributed by atoms with E-state index in [0.29, 0.717) is 60.4 Å². The van der Waals surface area contributed by atoms with Crippen molar-refractivity contribution in [3.63, 3.8) is 0 Å². The molecular weight excluding hydrogens is 489 g/mol. The molecule has 0 saturated carbocycles. The molecular formula is C27H30FN7O3. The van der Waals surface area contributed by atoms with Crippen LogP contribution < -0.4 is 21.5 Å². The molecule has 0 aromatic carbocycles. The number of carbonyl (C=O) groups is 1. The van der Waals surface area contributed by atoms with Crippen LogP contribution in [0.5, 0.6) is 0 Å². The number of carbonyl (C=O) groups excluding carboxylic acids is 1. The number of allylic oxidation sites excluding steroid dienone is 3. The molecule has 4 N–H and O–H groups in total. The highest BCUT2D eigenvalue weighted by molar-refractivity contribution is 5.70. The zero-order chi connectivity index (χ0) is 26.9. The van der Waals surface area contributed by atoms with Crippen LogP contribution in [0, 0.1) is 0 Å². The van der Waals surface area contributed by atoms with Crippen molar-refractivity contribution >= 4 is 24.0 Å². The smallest absolute Gasteiger partial charge is 0.293 e. The SMILES string of the molecule is Cn1cc(-c2ccnc(/C=C(\F)C3=C(NCCNC=O)CCCC3)c2CO)nc(Nc2cccnc2)c1=O. The van der Waals surface area contributed by atoms with E-state index in [1.807, 2.05) is 0 Å². The van der Waals surface area contributed by atoms with Crippen LogP contribution >= 0.6 is 0 Å². The van der Waals surface area contributed by atoms with Crippen molar-refractivity contribution in [3.8, 4) is 11.3 Å². The number of hydrogen-bond acceptors (Lipinski definition) is 8. The Hall–Kier alpha value is -4.38. The van der Waals surface area contributed by atoms with Gasteiger partial charge in [0.25, 0.3) is 5.56 Å². The van der Waals surface area contributed by atoms with E-state index < -0.39 is 12.4 Å². The molecule has 0 unspecified atom stereocenters. The summed E-state index contributed by atoms with van der Waals surface area (Å²) in [5.74, 6) is -0.337. The minimum atomic E-state index is -0.428. The Kier molecular flexibility index (Phi) is 8.94. The first-order valence-corrected chi connectivity index (χ1v) is 12.4. The predicted octanol–water partition coefficient (Wildman–Crippen LogP) is 2.95. The Morgan fingerprint density at radius 3 is 2.82 bits per heavy atom. The third-order valence-electron chi connectivity index (χ3n) is 6.23. The molecule has 38 heavy (non-hydrogen) atoms. The van der Waals surface area contributed by atoms with Crippen molar-refractivity contribution in [2.24, 2.45) is 7.05 Å². The molecule has 11 heteroatoms. The lowest BCUT2D eigenvalue weighted by Gasteiger charge is -2.21. The van der Waals surface area contributed by atoms with Gasteiger partial charge in [-0.15, -0.1) is 0 Å². The minimum Gasteiger partial charge on any atom is -0.392 e. The fourth-order valence-electron chi connectivity index (χ4n) is 4.35. The number of hydrogen-bond donors (Lipinski definition) is 4. The van der Waals surface area contributed by atoms with Crippen LogP contribution in [-0.4, -0.2) is 44.1 Å². The summed E-state index contributed by atoms with van der Waals surface area (Å²) in [6.45, 7) is 0.530. The van der Waals surface area contributed by atoms with Gasteiger partial charge in [0.05, 0.1) is 29.9 Å². The topological polar surface area (TPSA) is 134 Å². The van der Waals surface area contributed by atoms with Crippen molar-refractivity contribution in [2.45, 2.75) is 32.3 Å². The maximum Gasteiger partial charge on any atom is 0.293 e. The summed E-state index contributed by atoms with van der Waals surface area (Å²) in [4.78, 5) is 36.1. The second-order valence-electron chi connectivity index (χ2n) is 8.79. The first-order chi connectivity index (χ1) is 18.5. The van der Waals surface area contributed by atoms with Gasteiger partial charge in [0.1, 0.15) is 5.83 Å². The summed E-state index contributed by atoms with van der Waals surface area (Å²) >= 11 is 0. The average Bonchev–Trinajstić information content (AvgIpc) is 2.94. The molecule has 198 valence electrons. The van der Waals surface area contributed by atoms with Crippen molar-refractivity contribution < 1.29 is 14.3 Å². The number of aliphatic hydroxyl groups is 1. The van der Waals surface area contributed by atoms with Crippen molar-refractivity contribution in [2.75, 3.05) is 18.4 Å². The van der Waals surface area contributed by atoms with Crippen LogP contribution in [0.1, 0.15) is 36.9 Å². The third-order valence-corrected chi connectivity index (χ3v) is 6.23. The Bertz CT molecular complexity index is 1400. The molecule has 3 heterocycles. The first-order valence-electron chi connectivity index (χ1n) is 12.4. The van der Waals surface area contributed by atoms with Gasteiger partial charge in [-0.1, -0.05) is 0 Å². The Morgan fingerprint density at radius 1 is 1.21 bits per heavy atom. The van der Waals surface area contributed by atoms with E-state index in [0.717, 1.165) is 18.5 Å². The zero-order valence-corrected chi connectivity index (χ0v) is 21.1. The van der Waals surface area contributed by atoms with Gasteiger partial charge >= 0.3 is 0 Å². The van der Waals surface area contributed by atoms with E-state index in [1.54, 1.807) is 43.8 Å². The summed E-state index contributed by atoms with van der Waals surface area (Å²) in [6, 6.07) is 5.18. The molecule has 0 spiro atoms. The maximum absolute atomic E-state index is 15.6. The Morgan fingerprint density at radius 2 is 2.05 bits per heavy atom. The monoisotopic (exact) mass is 519 g/mol. The minimum absolute atomic E-state index is 0.0918. The van der Waals surface area contributed by atoms with E-state index in [2.05, 4.69) is 30.9 Å². The molecule has 3 aromatic heterocycles. The quantitative estimate of drug-likeness (QED) is 0.224. The summed E-state index contributed by atoms with van der Waals surface area (Å²) in [5.41, 5.74) is 3.26. The lowest BCUT2D eigenvalue weighted by Crippen LogP contribution is -2.27. The number of aryl methyl sites for hydroxylation is 1. The fraction of sp³-hybridized carbons (Fsp3) is 0.296. The predicted molar refractivity (Wildman–Crippen MR) is 143 cm³/mol. The summed E-state index contributed by atoms with van der Waals surface area (Å²) < 4.78 is 17.0. The van der Waals surface area contributed by atoms with Gasteiger partial charge in [-0.25, -0.2) is 9.37 Å². The third kappa shape index (κ3) is 6.30. The van der Waals surface area contributed by atoms with Gasteiger partial charge in [-0.2, -0.15) is 0 Å². The van der Waals surface area contributed by atoms with Crippen LogP contribution in [0.25, 0.3) is 17.3 Å². The number of halogens is 1. The van der Waals surface area contributed by atoms with Crippen molar-refractivity contribution in [1.82, 2.24) is 30.2 Å². The van der Waals surface area contributed by atoms with Gasteiger partial charge in [0, 0.05) is 67.2 Å². The van der Waals surface area contributed by atoms with Crippen LogP contribution in [0.4, 0.5) is 15.9 Å². The van der Waals surface area contributed by atoms with E-state index >= 15 is 4.39 Å². The average molecular weight is 520 g/mol. The summed E-state index contributed by atoms with van der Waals surface area (Å²) in [7, 11) is 1.61. The number of pyridine rings is 2. The van der Waals surface area contributed by atoms with Gasteiger partial charge in [0.2, 0.25) is 6.41 Å². The van der Waals surface area contributed by atoms with E-state index in [1.165, 1.54) is 16.8 Å². The summed E-state index contributed by atoms with van der Waals surface area (Å²) in [6.07, 6.45) is 11.3. The van der Waals surface area contributed by atoms with E-state index in [9.17, 15) is 14.7 Å². The highest BCUT2D eigenvalue weighted by Gasteiger charge is 2.19. The number of anilines is 2. The number of aromatic nitrogens is 4. The van der Waals surface area contributed by atoms with Crippen LogP contribution in [0.15, 0.2) is 64.9 Å². The molecule has 1 amide bonds. The van der Waals surface area contributed by atoms with Crippen molar-refractivity contribution in [3.05, 3.63) is 81.7 Å². The molecule has 0 atom stereocenters. The second-order valence-corrected chi connectivity index (χ2v) is 8.79. The highest BCUT2D eigenvalue weighted by atomic mass is 19.1. The van der Waals surface area contributed by atoms with Gasteiger partial charge in [0.15, 0.2) is 5.82 Å². The highest BCUT2D eigenvalue weighted by Crippen LogP contribution is 2.32.